The minimum absolute atomic E-state index is 0. The zero-order valence-corrected chi connectivity index (χ0v) is 10.2. The standard InChI is InChI=1S/C10H9NO2.C4H8O.BH3/c12-10(13)11-6-5-8-3-1-2-4-9(8)7-11;1-2-4-5-3-1;/h1-6H,7H2,(H,12,13);1-4H2;1H3. The fourth-order valence-corrected chi connectivity index (χ4v) is 1.89. The monoisotopic (exact) mass is 261 g/mol. The molecule has 1 aromatic carbocycles. The van der Waals surface area contributed by atoms with E-state index in [2.05, 4.69) is 0 Å². The molecule has 1 N–H and O–H groups in total. The van der Waals surface area contributed by atoms with Crippen LogP contribution in [0.5, 0.6) is 0 Å². The molecule has 2 heterocycles. The smallest absolute Gasteiger partial charge is 0.411 e. The Labute approximate surface area is 115 Å². The van der Waals surface area contributed by atoms with Gasteiger partial charge in [0.2, 0.25) is 0 Å². The van der Waals surface area contributed by atoms with E-state index < -0.39 is 6.09 Å². The highest BCUT2D eigenvalue weighted by Crippen LogP contribution is 2.18. The number of rotatable bonds is 0. The molecule has 0 aliphatic carbocycles. The average molecular weight is 261 g/mol. The summed E-state index contributed by atoms with van der Waals surface area (Å²) in [6.07, 6.45) is 5.04. The van der Waals surface area contributed by atoms with Crippen molar-refractivity contribution in [1.29, 1.82) is 0 Å². The molecule has 0 spiro atoms. The molecule has 1 aromatic rings. The van der Waals surface area contributed by atoms with Gasteiger partial charge in [-0.2, -0.15) is 0 Å². The van der Waals surface area contributed by atoms with Crippen molar-refractivity contribution in [3.05, 3.63) is 41.6 Å². The van der Waals surface area contributed by atoms with Gasteiger partial charge in [0.25, 0.3) is 0 Å². The number of hydrogen-bond donors (Lipinski definition) is 1. The summed E-state index contributed by atoms with van der Waals surface area (Å²) in [6, 6.07) is 7.78. The number of hydrogen-bond acceptors (Lipinski definition) is 2. The summed E-state index contributed by atoms with van der Waals surface area (Å²) in [7, 11) is 0. The summed E-state index contributed by atoms with van der Waals surface area (Å²) in [5.74, 6) is 0. The van der Waals surface area contributed by atoms with Crippen LogP contribution in [0.4, 0.5) is 4.79 Å². The van der Waals surface area contributed by atoms with Crippen LogP contribution in [0, 0.1) is 0 Å². The molecule has 0 bridgehead atoms. The second-order valence-corrected chi connectivity index (χ2v) is 4.24. The molecular weight excluding hydrogens is 241 g/mol. The lowest BCUT2D eigenvalue weighted by Crippen LogP contribution is -2.25. The molecule has 102 valence electrons. The third-order valence-electron chi connectivity index (χ3n) is 2.90. The fraction of sp³-hybridized carbons (Fsp3) is 0.357. The van der Waals surface area contributed by atoms with Gasteiger partial charge in [-0.1, -0.05) is 24.3 Å². The maximum atomic E-state index is 10.6. The summed E-state index contributed by atoms with van der Waals surface area (Å²) < 4.78 is 4.94. The molecular formula is C14H20BNO3. The van der Waals surface area contributed by atoms with Gasteiger partial charge in [-0.15, -0.1) is 0 Å². The summed E-state index contributed by atoms with van der Waals surface area (Å²) in [6.45, 7) is 2.45. The van der Waals surface area contributed by atoms with E-state index in [0.717, 1.165) is 24.3 Å². The predicted molar refractivity (Wildman–Crippen MR) is 79.0 cm³/mol. The van der Waals surface area contributed by atoms with Crippen LogP contribution < -0.4 is 0 Å². The van der Waals surface area contributed by atoms with Crippen LogP contribution in [0.1, 0.15) is 24.0 Å². The highest BCUT2D eigenvalue weighted by atomic mass is 16.5. The van der Waals surface area contributed by atoms with E-state index in [-0.39, 0.29) is 8.41 Å². The highest BCUT2D eigenvalue weighted by Gasteiger charge is 2.14. The third-order valence-corrected chi connectivity index (χ3v) is 2.90. The molecule has 2 aliphatic heterocycles. The van der Waals surface area contributed by atoms with Crippen molar-refractivity contribution in [2.75, 3.05) is 13.2 Å². The summed E-state index contributed by atoms with van der Waals surface area (Å²) >= 11 is 0. The van der Waals surface area contributed by atoms with Gasteiger partial charge in [0.1, 0.15) is 0 Å². The first-order valence-electron chi connectivity index (χ1n) is 6.11. The van der Waals surface area contributed by atoms with Crippen molar-refractivity contribution in [3.63, 3.8) is 0 Å². The van der Waals surface area contributed by atoms with Crippen molar-refractivity contribution >= 4 is 20.6 Å². The first-order chi connectivity index (χ1) is 8.77. The van der Waals surface area contributed by atoms with Crippen molar-refractivity contribution in [2.45, 2.75) is 19.4 Å². The summed E-state index contributed by atoms with van der Waals surface area (Å²) in [5, 5.41) is 8.74. The van der Waals surface area contributed by atoms with Crippen molar-refractivity contribution in [1.82, 2.24) is 4.90 Å². The SMILES string of the molecule is B.C1CCOC1.O=C(O)N1C=Cc2ccccc2C1. The molecule has 5 heteroatoms. The Balaban J connectivity index is 0.000000256. The fourth-order valence-electron chi connectivity index (χ4n) is 1.89. The number of carbonyl (C=O) groups is 1. The van der Waals surface area contributed by atoms with E-state index in [0.29, 0.717) is 6.54 Å². The van der Waals surface area contributed by atoms with Crippen molar-refractivity contribution in [2.24, 2.45) is 0 Å². The molecule has 0 saturated carbocycles. The molecule has 4 nitrogen and oxygen atoms in total. The van der Waals surface area contributed by atoms with Gasteiger partial charge in [0.15, 0.2) is 0 Å². The number of nitrogens with zero attached hydrogens (tertiary/aromatic N) is 1. The number of amides is 1. The first kappa shape index (κ1) is 15.3. The van der Waals surface area contributed by atoms with Crippen LogP contribution in [0.15, 0.2) is 30.5 Å². The maximum absolute atomic E-state index is 10.6. The highest BCUT2D eigenvalue weighted by molar-refractivity contribution is 5.75. The molecule has 0 aromatic heterocycles. The second-order valence-electron chi connectivity index (χ2n) is 4.24. The molecule has 3 rings (SSSR count). The Bertz CT molecular complexity index is 436. The van der Waals surface area contributed by atoms with Gasteiger partial charge >= 0.3 is 6.09 Å². The topological polar surface area (TPSA) is 49.8 Å². The largest absolute Gasteiger partial charge is 0.465 e. The Morgan fingerprint density at radius 3 is 2.47 bits per heavy atom. The quantitative estimate of drug-likeness (QED) is 0.724. The minimum atomic E-state index is -0.911. The van der Waals surface area contributed by atoms with Crippen LogP contribution in [-0.4, -0.2) is 37.7 Å². The van der Waals surface area contributed by atoms with Crippen LogP contribution in [0.25, 0.3) is 6.08 Å². The summed E-state index contributed by atoms with van der Waals surface area (Å²) in [4.78, 5) is 11.9. The number of ether oxygens (including phenoxy) is 1. The maximum Gasteiger partial charge on any atom is 0.411 e. The van der Waals surface area contributed by atoms with Crippen LogP contribution in [0.3, 0.4) is 0 Å². The van der Waals surface area contributed by atoms with Crippen LogP contribution >= 0.6 is 0 Å². The Morgan fingerprint density at radius 1 is 1.21 bits per heavy atom. The second kappa shape index (κ2) is 7.64. The lowest BCUT2D eigenvalue weighted by molar-refractivity contribution is 0.161. The first-order valence-corrected chi connectivity index (χ1v) is 6.11. The molecule has 1 saturated heterocycles. The molecule has 0 atom stereocenters. The van der Waals surface area contributed by atoms with Crippen molar-refractivity contribution < 1.29 is 14.6 Å². The predicted octanol–water partition coefficient (Wildman–Crippen LogP) is 1.76. The Morgan fingerprint density at radius 2 is 1.89 bits per heavy atom. The zero-order valence-electron chi connectivity index (χ0n) is 10.2. The van der Waals surface area contributed by atoms with E-state index in [4.69, 9.17) is 9.84 Å². The summed E-state index contributed by atoms with van der Waals surface area (Å²) in [5.41, 5.74) is 2.15. The van der Waals surface area contributed by atoms with Gasteiger partial charge in [-0.05, 0) is 30.0 Å². The molecule has 2 aliphatic rings. The molecule has 1 amide bonds. The van der Waals surface area contributed by atoms with Crippen LogP contribution in [-0.2, 0) is 11.3 Å². The lowest BCUT2D eigenvalue weighted by Gasteiger charge is -2.20. The van der Waals surface area contributed by atoms with Gasteiger partial charge in [-0.25, -0.2) is 4.79 Å². The van der Waals surface area contributed by atoms with Crippen LogP contribution in [0.2, 0.25) is 0 Å². The number of benzene rings is 1. The van der Waals surface area contributed by atoms with Gasteiger partial charge < -0.3 is 9.84 Å². The van der Waals surface area contributed by atoms with Crippen molar-refractivity contribution in [3.8, 4) is 0 Å². The molecule has 0 unspecified atom stereocenters. The van der Waals surface area contributed by atoms with E-state index in [9.17, 15) is 4.79 Å². The van der Waals surface area contributed by atoms with Gasteiger partial charge in [0, 0.05) is 19.4 Å². The molecule has 0 radical (unpaired) electrons. The number of carboxylic acid groups (broad SMARTS) is 1. The van der Waals surface area contributed by atoms with E-state index >= 15 is 0 Å². The Kier molecular flexibility index (Phi) is 6.16. The van der Waals surface area contributed by atoms with E-state index in [1.165, 1.54) is 17.7 Å². The Hall–Kier alpha value is -1.75. The van der Waals surface area contributed by atoms with E-state index in [1.807, 2.05) is 30.3 Å². The average Bonchev–Trinajstić information content (AvgIpc) is 2.97. The number of fused-ring (bicyclic) bond motifs is 1. The van der Waals surface area contributed by atoms with E-state index in [1.54, 1.807) is 6.20 Å². The lowest BCUT2D eigenvalue weighted by atomic mass is 10.1. The minimum Gasteiger partial charge on any atom is -0.465 e. The molecule has 1 fully saturated rings. The zero-order chi connectivity index (χ0) is 12.8. The third kappa shape index (κ3) is 4.45. The normalized spacial score (nSPS) is 15.9. The van der Waals surface area contributed by atoms with Gasteiger partial charge in [-0.3, -0.25) is 4.90 Å². The van der Waals surface area contributed by atoms with Gasteiger partial charge in [0.05, 0.1) is 15.0 Å². The molecule has 19 heavy (non-hydrogen) atoms.